The van der Waals surface area contributed by atoms with Gasteiger partial charge >= 0.3 is 0 Å². The molecule has 0 fully saturated rings. The predicted molar refractivity (Wildman–Crippen MR) is 230 cm³/mol. The zero-order valence-corrected chi connectivity index (χ0v) is 30.4. The Bertz CT molecular complexity index is 3100. The summed E-state index contributed by atoms with van der Waals surface area (Å²) >= 11 is 1.88. The van der Waals surface area contributed by atoms with E-state index >= 15 is 0 Å². The van der Waals surface area contributed by atoms with E-state index in [0.29, 0.717) is 0 Å². The minimum absolute atomic E-state index is 0.159. The normalized spacial score (nSPS) is 13.2. The van der Waals surface area contributed by atoms with Crippen molar-refractivity contribution in [3.8, 4) is 22.3 Å². The molecule has 10 aromatic rings. The number of hydrogen-bond acceptors (Lipinski definition) is 2. The van der Waals surface area contributed by atoms with Crippen LogP contribution in [0.3, 0.4) is 0 Å². The molecule has 0 saturated heterocycles. The lowest BCUT2D eigenvalue weighted by Crippen LogP contribution is -2.16. The van der Waals surface area contributed by atoms with Gasteiger partial charge in [0.05, 0.1) is 11.4 Å². The standard InChI is InChI=1S/C51H35NS/c1-51(2)43-22-12-23-45(50(43)42-29-34-15-3-4-16-35(34)30-44(42)51)52(36-26-27-40-39-20-9-10-24-47(39)53-48(40)31-36)46-28-25-33-14-6-8-19-38(33)49(46)41-21-11-17-32-13-5-7-18-37(32)41/h3-31H,1-2H3. The van der Waals surface area contributed by atoms with Crippen LogP contribution in [-0.4, -0.2) is 0 Å². The number of nitrogens with zero attached hydrogens (tertiary/aromatic N) is 1. The van der Waals surface area contributed by atoms with Gasteiger partial charge in [0.25, 0.3) is 0 Å². The first kappa shape index (κ1) is 30.4. The average molecular weight is 694 g/mol. The molecule has 0 bridgehead atoms. The summed E-state index contributed by atoms with van der Waals surface area (Å²) in [7, 11) is 0. The Hall–Kier alpha value is -6.22. The van der Waals surface area contributed by atoms with Crippen LogP contribution in [0.4, 0.5) is 17.1 Å². The van der Waals surface area contributed by atoms with Crippen molar-refractivity contribution < 1.29 is 0 Å². The fourth-order valence-electron chi connectivity index (χ4n) is 9.07. The summed E-state index contributed by atoms with van der Waals surface area (Å²) in [5.41, 5.74) is 11.2. The molecular formula is C51H35NS. The second-order valence-corrected chi connectivity index (χ2v) is 16.0. The number of hydrogen-bond donors (Lipinski definition) is 0. The van der Waals surface area contributed by atoms with Crippen molar-refractivity contribution in [1.82, 2.24) is 0 Å². The highest BCUT2D eigenvalue weighted by Crippen LogP contribution is 2.56. The molecule has 1 nitrogen and oxygen atoms in total. The summed E-state index contributed by atoms with van der Waals surface area (Å²) in [6.07, 6.45) is 0. The van der Waals surface area contributed by atoms with Crippen LogP contribution < -0.4 is 4.90 Å². The molecule has 0 unspecified atom stereocenters. The molecule has 0 N–H and O–H groups in total. The molecule has 0 saturated carbocycles. The van der Waals surface area contributed by atoms with E-state index in [0.717, 1.165) is 5.69 Å². The molecule has 11 rings (SSSR count). The summed E-state index contributed by atoms with van der Waals surface area (Å²) in [5.74, 6) is 0. The first-order valence-corrected chi connectivity index (χ1v) is 19.2. The fraction of sp³-hybridized carbons (Fsp3) is 0.0588. The van der Waals surface area contributed by atoms with Crippen LogP contribution in [0.1, 0.15) is 25.0 Å². The van der Waals surface area contributed by atoms with Crippen molar-refractivity contribution in [2.45, 2.75) is 19.3 Å². The van der Waals surface area contributed by atoms with Gasteiger partial charge in [0.2, 0.25) is 0 Å². The van der Waals surface area contributed by atoms with Gasteiger partial charge in [-0.15, -0.1) is 11.3 Å². The highest BCUT2D eigenvalue weighted by atomic mass is 32.1. The molecule has 0 spiro atoms. The zero-order chi connectivity index (χ0) is 35.3. The molecule has 250 valence electrons. The van der Waals surface area contributed by atoms with E-state index in [1.807, 2.05) is 11.3 Å². The first-order chi connectivity index (χ1) is 26.0. The number of rotatable bonds is 4. The number of anilines is 3. The second kappa shape index (κ2) is 11.4. The maximum absolute atomic E-state index is 2.56. The number of thiophene rings is 1. The van der Waals surface area contributed by atoms with Crippen molar-refractivity contribution in [1.29, 1.82) is 0 Å². The molecule has 9 aromatic carbocycles. The van der Waals surface area contributed by atoms with Crippen molar-refractivity contribution >= 4 is 80.9 Å². The van der Waals surface area contributed by atoms with Gasteiger partial charge in [0, 0.05) is 42.4 Å². The fourth-order valence-corrected chi connectivity index (χ4v) is 10.2. The maximum atomic E-state index is 2.56. The molecule has 0 aliphatic heterocycles. The highest BCUT2D eigenvalue weighted by Gasteiger charge is 2.38. The Kier molecular flexibility index (Phi) is 6.53. The Morgan fingerprint density at radius 1 is 0.396 bits per heavy atom. The van der Waals surface area contributed by atoms with Gasteiger partial charge in [0.15, 0.2) is 0 Å². The Morgan fingerprint density at radius 2 is 1.02 bits per heavy atom. The molecule has 1 heterocycles. The van der Waals surface area contributed by atoms with Crippen molar-refractivity contribution in [2.75, 3.05) is 4.90 Å². The van der Waals surface area contributed by atoms with Gasteiger partial charge < -0.3 is 4.90 Å². The van der Waals surface area contributed by atoms with Crippen molar-refractivity contribution in [2.24, 2.45) is 0 Å². The largest absolute Gasteiger partial charge is 0.309 e. The number of benzene rings is 9. The monoisotopic (exact) mass is 693 g/mol. The lowest BCUT2D eigenvalue weighted by Gasteiger charge is -2.31. The van der Waals surface area contributed by atoms with E-state index in [1.165, 1.54) is 97.2 Å². The minimum atomic E-state index is -0.159. The Balaban J connectivity index is 1.27. The molecule has 1 aromatic heterocycles. The van der Waals surface area contributed by atoms with Crippen LogP contribution in [0.2, 0.25) is 0 Å². The average Bonchev–Trinajstić information content (AvgIpc) is 3.68. The Labute approximate surface area is 313 Å². The smallest absolute Gasteiger partial charge is 0.0546 e. The van der Waals surface area contributed by atoms with Crippen LogP contribution in [0.5, 0.6) is 0 Å². The molecule has 0 radical (unpaired) electrons. The van der Waals surface area contributed by atoms with E-state index in [2.05, 4.69) is 195 Å². The van der Waals surface area contributed by atoms with Gasteiger partial charge in [-0.2, -0.15) is 0 Å². The third-order valence-corrected chi connectivity index (χ3v) is 12.7. The molecule has 1 aliphatic rings. The summed E-state index contributed by atoms with van der Waals surface area (Å²) < 4.78 is 2.61. The van der Waals surface area contributed by atoms with Gasteiger partial charge in [-0.1, -0.05) is 147 Å². The molecule has 1 aliphatic carbocycles. The van der Waals surface area contributed by atoms with Crippen LogP contribution in [0.15, 0.2) is 176 Å². The van der Waals surface area contributed by atoms with E-state index in [9.17, 15) is 0 Å². The zero-order valence-electron chi connectivity index (χ0n) is 29.6. The topological polar surface area (TPSA) is 3.24 Å². The van der Waals surface area contributed by atoms with E-state index in [1.54, 1.807) is 0 Å². The van der Waals surface area contributed by atoms with E-state index in [-0.39, 0.29) is 5.41 Å². The van der Waals surface area contributed by atoms with Crippen LogP contribution in [0.25, 0.3) is 74.7 Å². The van der Waals surface area contributed by atoms with Gasteiger partial charge in [-0.3, -0.25) is 0 Å². The summed E-state index contributed by atoms with van der Waals surface area (Å²) in [6, 6.07) is 65.6. The number of fused-ring (bicyclic) bond motifs is 9. The van der Waals surface area contributed by atoms with Crippen LogP contribution in [-0.2, 0) is 5.41 Å². The van der Waals surface area contributed by atoms with Crippen LogP contribution >= 0.6 is 11.3 Å². The van der Waals surface area contributed by atoms with Gasteiger partial charge in [0.1, 0.15) is 0 Å². The minimum Gasteiger partial charge on any atom is -0.309 e. The predicted octanol–water partition coefficient (Wildman–Crippen LogP) is 15.0. The van der Waals surface area contributed by atoms with Crippen molar-refractivity contribution in [3.63, 3.8) is 0 Å². The molecular weight excluding hydrogens is 659 g/mol. The Morgan fingerprint density at radius 3 is 1.85 bits per heavy atom. The maximum Gasteiger partial charge on any atom is 0.0546 e. The molecule has 0 amide bonds. The van der Waals surface area contributed by atoms with E-state index in [4.69, 9.17) is 0 Å². The van der Waals surface area contributed by atoms with Gasteiger partial charge in [-0.25, -0.2) is 0 Å². The third-order valence-electron chi connectivity index (χ3n) is 11.6. The van der Waals surface area contributed by atoms with Gasteiger partial charge in [-0.05, 0) is 97.0 Å². The first-order valence-electron chi connectivity index (χ1n) is 18.4. The highest BCUT2D eigenvalue weighted by molar-refractivity contribution is 7.25. The quantitative estimate of drug-likeness (QED) is 0.177. The van der Waals surface area contributed by atoms with Crippen LogP contribution in [0, 0.1) is 0 Å². The second-order valence-electron chi connectivity index (χ2n) is 14.9. The summed E-state index contributed by atoms with van der Waals surface area (Å²) in [5, 5.41) is 10.1. The summed E-state index contributed by atoms with van der Waals surface area (Å²) in [4.78, 5) is 2.56. The molecule has 2 heteroatoms. The van der Waals surface area contributed by atoms with E-state index < -0.39 is 0 Å². The van der Waals surface area contributed by atoms with Crippen molar-refractivity contribution in [3.05, 3.63) is 187 Å². The third kappa shape index (κ3) is 4.49. The lowest BCUT2D eigenvalue weighted by molar-refractivity contribution is 0.661. The lowest BCUT2D eigenvalue weighted by atomic mass is 9.82. The molecule has 0 atom stereocenters. The summed E-state index contributed by atoms with van der Waals surface area (Å²) in [6.45, 7) is 4.78. The molecule has 53 heavy (non-hydrogen) atoms. The SMILES string of the molecule is CC1(C)c2cc3ccccc3cc2-c2c(N(c3ccc4c(c3)sc3ccccc34)c3ccc4ccccc4c3-c3cccc4ccccc34)cccc21.